The topological polar surface area (TPSA) is 111 Å². The summed E-state index contributed by atoms with van der Waals surface area (Å²) in [7, 11) is 0. The fourth-order valence-corrected chi connectivity index (χ4v) is 2.38. The van der Waals surface area contributed by atoms with Crippen LogP contribution in [-0.2, 0) is 0 Å². The number of nitrogens with zero attached hydrogens (tertiary/aromatic N) is 7. The summed E-state index contributed by atoms with van der Waals surface area (Å²) in [5, 5.41) is 7.16. The van der Waals surface area contributed by atoms with Crippen LogP contribution in [0.15, 0.2) is 12.7 Å². The Morgan fingerprint density at radius 1 is 1.19 bits per heavy atom. The Hall–Kier alpha value is -2.29. The van der Waals surface area contributed by atoms with Crippen molar-refractivity contribution in [1.82, 2.24) is 34.6 Å². The van der Waals surface area contributed by atoms with Crippen LogP contribution in [0.4, 0.5) is 11.9 Å². The van der Waals surface area contributed by atoms with E-state index < -0.39 is 0 Å². The van der Waals surface area contributed by atoms with Crippen LogP contribution in [0.3, 0.4) is 0 Å². The summed E-state index contributed by atoms with van der Waals surface area (Å²) in [6.07, 6.45) is 6.62. The molecular weight excluding hydrogens is 270 g/mol. The molecule has 0 unspecified atom stereocenters. The van der Waals surface area contributed by atoms with Crippen LogP contribution in [0, 0.1) is 0 Å². The van der Waals surface area contributed by atoms with Crippen LogP contribution in [0.25, 0.3) is 5.95 Å². The summed E-state index contributed by atoms with van der Waals surface area (Å²) >= 11 is 0. The van der Waals surface area contributed by atoms with Crippen molar-refractivity contribution < 1.29 is 0 Å². The Kier molecular flexibility index (Phi) is 4.20. The van der Waals surface area contributed by atoms with Gasteiger partial charge in [-0.05, 0) is 38.9 Å². The highest BCUT2D eigenvalue weighted by Gasteiger charge is 2.11. The number of likely N-dealkylation sites (tertiary alicyclic amines) is 1. The molecule has 2 aromatic rings. The van der Waals surface area contributed by atoms with Gasteiger partial charge in [-0.15, -0.1) is 0 Å². The van der Waals surface area contributed by atoms with E-state index in [4.69, 9.17) is 5.73 Å². The third kappa shape index (κ3) is 3.63. The molecule has 21 heavy (non-hydrogen) atoms. The Morgan fingerprint density at radius 2 is 2.05 bits per heavy atom. The fraction of sp³-hybridized carbons (Fsp3) is 0.583. The standard InChI is InChI=1S/C12H19N9/c13-10-17-11(15-4-3-7-20-5-1-2-6-20)19-12(18-10)21-9-14-8-16-21/h8-9H,1-7H2,(H3,13,15,17,18,19). The summed E-state index contributed by atoms with van der Waals surface area (Å²) in [4.78, 5) is 18.7. The lowest BCUT2D eigenvalue weighted by Crippen LogP contribution is -2.22. The largest absolute Gasteiger partial charge is 0.368 e. The summed E-state index contributed by atoms with van der Waals surface area (Å²) in [6.45, 7) is 4.34. The van der Waals surface area contributed by atoms with Crippen molar-refractivity contribution in [3.63, 3.8) is 0 Å². The van der Waals surface area contributed by atoms with Crippen LogP contribution in [-0.4, -0.2) is 60.8 Å². The molecule has 0 spiro atoms. The molecule has 0 aliphatic carbocycles. The molecule has 0 atom stereocenters. The van der Waals surface area contributed by atoms with Gasteiger partial charge in [0, 0.05) is 6.54 Å². The van der Waals surface area contributed by atoms with Gasteiger partial charge in [0.05, 0.1) is 0 Å². The van der Waals surface area contributed by atoms with E-state index in [1.807, 2.05) is 0 Å². The Bertz CT molecular complexity index is 562. The van der Waals surface area contributed by atoms with Crippen molar-refractivity contribution in [2.45, 2.75) is 19.3 Å². The minimum Gasteiger partial charge on any atom is -0.368 e. The monoisotopic (exact) mass is 289 g/mol. The molecule has 0 aromatic carbocycles. The highest BCUT2D eigenvalue weighted by molar-refractivity contribution is 5.34. The van der Waals surface area contributed by atoms with Gasteiger partial charge in [-0.25, -0.2) is 4.98 Å². The van der Waals surface area contributed by atoms with Gasteiger partial charge in [-0.1, -0.05) is 0 Å². The zero-order valence-corrected chi connectivity index (χ0v) is 11.8. The summed E-state index contributed by atoms with van der Waals surface area (Å²) in [6, 6.07) is 0. The van der Waals surface area contributed by atoms with E-state index >= 15 is 0 Å². The average molecular weight is 289 g/mol. The molecule has 0 saturated carbocycles. The first kappa shape index (κ1) is 13.7. The molecule has 9 nitrogen and oxygen atoms in total. The number of nitrogens with two attached hydrogens (primary N) is 1. The van der Waals surface area contributed by atoms with Crippen LogP contribution in [0.1, 0.15) is 19.3 Å². The van der Waals surface area contributed by atoms with Crippen molar-refractivity contribution in [2.75, 3.05) is 37.2 Å². The molecule has 1 fully saturated rings. The lowest BCUT2D eigenvalue weighted by molar-refractivity contribution is 0.337. The maximum atomic E-state index is 5.70. The van der Waals surface area contributed by atoms with E-state index in [9.17, 15) is 0 Å². The molecule has 0 bridgehead atoms. The number of nitrogens with one attached hydrogen (secondary N) is 1. The summed E-state index contributed by atoms with van der Waals surface area (Å²) in [5.74, 6) is 0.994. The summed E-state index contributed by atoms with van der Waals surface area (Å²) in [5.41, 5.74) is 5.70. The van der Waals surface area contributed by atoms with Gasteiger partial charge in [0.25, 0.3) is 5.95 Å². The second kappa shape index (κ2) is 6.44. The highest BCUT2D eigenvalue weighted by Crippen LogP contribution is 2.08. The SMILES string of the molecule is Nc1nc(NCCCN2CCCC2)nc(-n2cncn2)n1. The Morgan fingerprint density at radius 3 is 2.81 bits per heavy atom. The second-order valence-corrected chi connectivity index (χ2v) is 4.99. The Labute approximate surface area is 122 Å². The van der Waals surface area contributed by atoms with Crippen LogP contribution in [0.2, 0.25) is 0 Å². The first-order valence-electron chi connectivity index (χ1n) is 7.14. The zero-order valence-electron chi connectivity index (χ0n) is 11.8. The molecular formula is C12H19N9. The molecule has 1 saturated heterocycles. The molecule has 2 aromatic heterocycles. The van der Waals surface area contributed by atoms with Crippen molar-refractivity contribution in [1.29, 1.82) is 0 Å². The van der Waals surface area contributed by atoms with Crippen molar-refractivity contribution in [2.24, 2.45) is 0 Å². The van der Waals surface area contributed by atoms with E-state index in [0.717, 1.165) is 19.5 Å². The second-order valence-electron chi connectivity index (χ2n) is 4.99. The number of nitrogen functional groups attached to an aromatic ring is 1. The quantitative estimate of drug-likeness (QED) is 0.711. The van der Waals surface area contributed by atoms with E-state index in [1.54, 1.807) is 0 Å². The lowest BCUT2D eigenvalue weighted by atomic mass is 10.4. The van der Waals surface area contributed by atoms with Gasteiger partial charge in [0.15, 0.2) is 0 Å². The number of hydrogen-bond donors (Lipinski definition) is 2. The number of rotatable bonds is 6. The maximum Gasteiger partial charge on any atom is 0.258 e. The van der Waals surface area contributed by atoms with E-state index in [0.29, 0.717) is 11.9 Å². The van der Waals surface area contributed by atoms with Crippen molar-refractivity contribution >= 4 is 11.9 Å². The van der Waals surface area contributed by atoms with Crippen molar-refractivity contribution in [3.8, 4) is 5.95 Å². The average Bonchev–Trinajstić information content (AvgIpc) is 3.16. The molecule has 0 amide bonds. The van der Waals surface area contributed by atoms with Gasteiger partial charge in [-0.2, -0.15) is 24.7 Å². The van der Waals surface area contributed by atoms with Crippen LogP contribution in [0.5, 0.6) is 0 Å². The third-order valence-electron chi connectivity index (χ3n) is 3.40. The molecule has 112 valence electrons. The minimum atomic E-state index is 0.164. The van der Waals surface area contributed by atoms with Gasteiger partial charge in [-0.3, -0.25) is 0 Å². The molecule has 3 heterocycles. The molecule has 3 N–H and O–H groups in total. The molecule has 1 aliphatic heterocycles. The normalized spacial score (nSPS) is 15.4. The number of aromatic nitrogens is 6. The zero-order chi connectivity index (χ0) is 14.5. The van der Waals surface area contributed by atoms with E-state index in [1.165, 1.54) is 43.3 Å². The molecule has 9 heteroatoms. The van der Waals surface area contributed by atoms with Gasteiger partial charge >= 0.3 is 0 Å². The smallest absolute Gasteiger partial charge is 0.258 e. The lowest BCUT2D eigenvalue weighted by Gasteiger charge is -2.14. The number of hydrogen-bond acceptors (Lipinski definition) is 8. The van der Waals surface area contributed by atoms with Crippen molar-refractivity contribution in [3.05, 3.63) is 12.7 Å². The first-order chi connectivity index (χ1) is 10.3. The van der Waals surface area contributed by atoms with E-state index in [2.05, 4.69) is 35.3 Å². The molecule has 1 aliphatic rings. The van der Waals surface area contributed by atoms with Gasteiger partial charge in [0.2, 0.25) is 11.9 Å². The van der Waals surface area contributed by atoms with Gasteiger partial charge < -0.3 is 16.0 Å². The first-order valence-corrected chi connectivity index (χ1v) is 7.14. The van der Waals surface area contributed by atoms with Crippen LogP contribution < -0.4 is 11.1 Å². The molecule has 3 rings (SSSR count). The molecule has 0 radical (unpaired) electrons. The number of anilines is 2. The Balaban J connectivity index is 1.55. The van der Waals surface area contributed by atoms with Crippen LogP contribution >= 0.6 is 0 Å². The summed E-state index contributed by atoms with van der Waals surface area (Å²) < 4.78 is 1.45. The minimum absolute atomic E-state index is 0.164. The fourth-order valence-electron chi connectivity index (χ4n) is 2.38. The van der Waals surface area contributed by atoms with E-state index in [-0.39, 0.29) is 5.95 Å². The predicted molar refractivity (Wildman–Crippen MR) is 77.9 cm³/mol. The van der Waals surface area contributed by atoms with Gasteiger partial charge in [0.1, 0.15) is 12.7 Å². The predicted octanol–water partition coefficient (Wildman–Crippen LogP) is -0.0677. The maximum absolute atomic E-state index is 5.70. The highest BCUT2D eigenvalue weighted by atomic mass is 15.4. The third-order valence-corrected chi connectivity index (χ3v) is 3.40.